The van der Waals surface area contributed by atoms with Gasteiger partial charge in [-0.2, -0.15) is 0 Å². The zero-order chi connectivity index (χ0) is 26.2. The monoisotopic (exact) mass is 514 g/mol. The van der Waals surface area contributed by atoms with Gasteiger partial charge in [0.1, 0.15) is 18.1 Å². The Balaban J connectivity index is 1.41. The molecule has 38 heavy (non-hydrogen) atoms. The van der Waals surface area contributed by atoms with E-state index in [-0.39, 0.29) is 5.91 Å². The number of hydrogen-bond acceptors (Lipinski definition) is 5. The number of piperidine rings is 1. The van der Waals surface area contributed by atoms with Crippen molar-refractivity contribution in [2.75, 3.05) is 51.0 Å². The Labute approximate surface area is 226 Å². The topological polar surface area (TPSA) is 51.2 Å². The third kappa shape index (κ3) is 6.48. The van der Waals surface area contributed by atoms with Crippen molar-refractivity contribution in [3.63, 3.8) is 0 Å². The molecule has 0 aromatic heterocycles. The lowest BCUT2D eigenvalue weighted by Gasteiger charge is -2.31. The van der Waals surface area contributed by atoms with Crippen molar-refractivity contribution in [3.8, 4) is 11.5 Å². The van der Waals surface area contributed by atoms with Crippen LogP contribution in [0.25, 0.3) is 0 Å². The Morgan fingerprint density at radius 1 is 0.868 bits per heavy atom. The van der Waals surface area contributed by atoms with Crippen LogP contribution in [-0.2, 0) is 17.7 Å². The quantitative estimate of drug-likeness (QED) is 0.446. The van der Waals surface area contributed by atoms with E-state index in [1.54, 1.807) is 0 Å². The van der Waals surface area contributed by atoms with Crippen molar-refractivity contribution >= 4 is 11.6 Å². The predicted octanol–water partition coefficient (Wildman–Crippen LogP) is 5.72. The summed E-state index contributed by atoms with van der Waals surface area (Å²) in [7, 11) is 0. The third-order valence-corrected chi connectivity index (χ3v) is 7.21. The van der Waals surface area contributed by atoms with Crippen LogP contribution >= 0.6 is 0 Å². The second kappa shape index (κ2) is 12.8. The first-order valence-corrected chi connectivity index (χ1v) is 13.9. The summed E-state index contributed by atoms with van der Waals surface area (Å²) < 4.78 is 17.9. The van der Waals surface area contributed by atoms with Crippen molar-refractivity contribution in [2.24, 2.45) is 0 Å². The number of nitrogens with zero attached hydrogens (tertiary/aromatic N) is 2. The van der Waals surface area contributed by atoms with E-state index in [4.69, 9.17) is 14.2 Å². The summed E-state index contributed by atoms with van der Waals surface area (Å²) >= 11 is 0. The van der Waals surface area contributed by atoms with Gasteiger partial charge in [-0.15, -0.1) is 0 Å². The number of hydrogen-bond donors (Lipinski definition) is 0. The van der Waals surface area contributed by atoms with Crippen molar-refractivity contribution in [1.82, 2.24) is 4.90 Å². The molecule has 3 aromatic carbocycles. The number of carbonyl (C=O) groups is 1. The molecule has 6 nitrogen and oxygen atoms in total. The lowest BCUT2D eigenvalue weighted by molar-refractivity contribution is 0.0571. The van der Waals surface area contributed by atoms with E-state index in [9.17, 15) is 4.79 Å². The molecule has 0 unspecified atom stereocenters. The van der Waals surface area contributed by atoms with Crippen LogP contribution in [0.4, 0.5) is 5.69 Å². The molecule has 0 atom stereocenters. The van der Waals surface area contributed by atoms with E-state index >= 15 is 0 Å². The largest absolute Gasteiger partial charge is 0.492 e. The Bertz CT molecular complexity index is 1220. The van der Waals surface area contributed by atoms with Crippen molar-refractivity contribution in [2.45, 2.75) is 39.2 Å². The van der Waals surface area contributed by atoms with Gasteiger partial charge in [0, 0.05) is 38.2 Å². The molecule has 0 aliphatic carbocycles. The van der Waals surface area contributed by atoms with Crippen LogP contribution in [0.3, 0.4) is 0 Å². The van der Waals surface area contributed by atoms with Crippen LogP contribution in [0.5, 0.6) is 11.5 Å². The van der Waals surface area contributed by atoms with E-state index < -0.39 is 0 Å². The van der Waals surface area contributed by atoms with Crippen molar-refractivity contribution < 1.29 is 19.0 Å². The van der Waals surface area contributed by atoms with Gasteiger partial charge in [0.2, 0.25) is 0 Å². The highest BCUT2D eigenvalue weighted by Crippen LogP contribution is 2.32. The molecule has 0 saturated carbocycles. The van der Waals surface area contributed by atoms with Crippen molar-refractivity contribution in [3.05, 3.63) is 89.0 Å². The van der Waals surface area contributed by atoms with Crippen LogP contribution in [0.2, 0.25) is 0 Å². The maximum atomic E-state index is 13.9. The Morgan fingerprint density at radius 2 is 1.71 bits per heavy atom. The number of para-hydroxylation sites is 1. The van der Waals surface area contributed by atoms with Gasteiger partial charge in [-0.3, -0.25) is 4.79 Å². The molecule has 0 spiro atoms. The summed E-state index contributed by atoms with van der Waals surface area (Å²) in [5.41, 5.74) is 5.16. The van der Waals surface area contributed by atoms with E-state index in [1.807, 2.05) is 48.2 Å². The lowest BCUT2D eigenvalue weighted by Crippen LogP contribution is -2.34. The highest BCUT2D eigenvalue weighted by molar-refractivity contribution is 5.95. The van der Waals surface area contributed by atoms with Gasteiger partial charge >= 0.3 is 0 Å². The van der Waals surface area contributed by atoms with Crippen LogP contribution < -0.4 is 14.4 Å². The molecule has 200 valence electrons. The summed E-state index contributed by atoms with van der Waals surface area (Å²) in [5.74, 6) is 1.76. The predicted molar refractivity (Wildman–Crippen MR) is 150 cm³/mol. The molecule has 3 aromatic rings. The number of rotatable bonds is 4. The molecule has 0 N–H and O–H groups in total. The summed E-state index contributed by atoms with van der Waals surface area (Å²) in [6.45, 7) is 7.02. The number of carbonyl (C=O) groups excluding carboxylic acids is 1. The molecule has 2 aliphatic rings. The van der Waals surface area contributed by atoms with Crippen LogP contribution in [-0.4, -0.2) is 56.9 Å². The summed E-state index contributed by atoms with van der Waals surface area (Å²) in [5, 5.41) is 0. The van der Waals surface area contributed by atoms with Gasteiger partial charge in [-0.25, -0.2) is 0 Å². The van der Waals surface area contributed by atoms with Gasteiger partial charge in [-0.05, 0) is 67.1 Å². The maximum absolute atomic E-state index is 13.9. The first kappa shape index (κ1) is 26.1. The van der Waals surface area contributed by atoms with Crippen molar-refractivity contribution in [1.29, 1.82) is 0 Å². The number of benzene rings is 3. The summed E-state index contributed by atoms with van der Waals surface area (Å²) in [6, 6.07) is 22.5. The average Bonchev–Trinajstić information content (AvgIpc) is 2.95. The number of amides is 1. The van der Waals surface area contributed by atoms with E-state index in [2.05, 4.69) is 35.2 Å². The molecule has 2 aliphatic heterocycles. The molecule has 0 radical (unpaired) electrons. The first-order valence-electron chi connectivity index (χ1n) is 13.9. The van der Waals surface area contributed by atoms with E-state index in [0.29, 0.717) is 45.1 Å². The second-order valence-corrected chi connectivity index (χ2v) is 9.96. The molecule has 5 rings (SSSR count). The van der Waals surface area contributed by atoms with E-state index in [0.717, 1.165) is 60.7 Å². The zero-order valence-corrected chi connectivity index (χ0v) is 22.4. The fourth-order valence-corrected chi connectivity index (χ4v) is 5.30. The standard InChI is InChI=1S/C32H38N2O4/c1-2-37-31-14-13-28(23-29(31)33-15-6-3-7-16-33)32(35)34-17-18-36-19-20-38-30-12-5-4-11-27(30)22-25-9-8-10-26(21-25)24-34/h4-5,8-14,21,23H,2-3,6-7,15-20,22,24H2,1H3. The van der Waals surface area contributed by atoms with Gasteiger partial charge in [-0.1, -0.05) is 42.5 Å². The summed E-state index contributed by atoms with van der Waals surface area (Å²) in [4.78, 5) is 18.1. The molecular weight excluding hydrogens is 476 g/mol. The van der Waals surface area contributed by atoms with Gasteiger partial charge < -0.3 is 24.0 Å². The highest BCUT2D eigenvalue weighted by atomic mass is 16.5. The minimum Gasteiger partial charge on any atom is -0.492 e. The second-order valence-electron chi connectivity index (χ2n) is 9.96. The summed E-state index contributed by atoms with van der Waals surface area (Å²) in [6.07, 6.45) is 4.36. The minimum atomic E-state index is 0.00833. The normalized spacial score (nSPS) is 16.7. The smallest absolute Gasteiger partial charge is 0.254 e. The lowest BCUT2D eigenvalue weighted by atomic mass is 10.0. The first-order chi connectivity index (χ1) is 18.7. The van der Waals surface area contributed by atoms with Crippen LogP contribution in [0, 0.1) is 0 Å². The number of ether oxygens (including phenoxy) is 3. The highest BCUT2D eigenvalue weighted by Gasteiger charge is 2.22. The Hall–Kier alpha value is -3.51. The van der Waals surface area contributed by atoms with Gasteiger partial charge in [0.05, 0.1) is 25.5 Å². The van der Waals surface area contributed by atoms with Crippen LogP contribution in [0.1, 0.15) is 53.2 Å². The molecule has 6 heteroatoms. The molecule has 1 amide bonds. The SMILES string of the molecule is CCOc1ccc(C(=O)N2CCOCCOc3ccccc3Cc3cccc(c3)C2)cc1N1CCCCC1. The zero-order valence-electron chi connectivity index (χ0n) is 22.4. The molecule has 2 bridgehead atoms. The maximum Gasteiger partial charge on any atom is 0.254 e. The minimum absolute atomic E-state index is 0.00833. The molecular formula is C32H38N2O4. The van der Waals surface area contributed by atoms with Crippen LogP contribution in [0.15, 0.2) is 66.7 Å². The fourth-order valence-electron chi connectivity index (χ4n) is 5.30. The molecule has 2 heterocycles. The Morgan fingerprint density at radius 3 is 2.58 bits per heavy atom. The van der Waals surface area contributed by atoms with E-state index in [1.165, 1.54) is 12.0 Å². The average molecular weight is 515 g/mol. The molecule has 1 saturated heterocycles. The molecule has 1 fully saturated rings. The third-order valence-electron chi connectivity index (χ3n) is 7.21. The Kier molecular flexibility index (Phi) is 8.82. The fraction of sp³-hybridized carbons (Fsp3) is 0.406. The van der Waals surface area contributed by atoms with Gasteiger partial charge in [0.25, 0.3) is 5.91 Å². The number of fused-ring (bicyclic) bond motifs is 3. The van der Waals surface area contributed by atoms with Gasteiger partial charge in [0.15, 0.2) is 0 Å². The number of anilines is 1.